The van der Waals surface area contributed by atoms with Crippen molar-refractivity contribution in [3.8, 4) is 0 Å². The van der Waals surface area contributed by atoms with Crippen molar-refractivity contribution in [1.82, 2.24) is 0 Å². The molecule has 0 bridgehead atoms. The number of hydrogen-bond donors (Lipinski definition) is 2. The predicted octanol–water partition coefficient (Wildman–Crippen LogP) is 4.20. The first-order valence-electron chi connectivity index (χ1n) is 4.68. The quantitative estimate of drug-likeness (QED) is 0.633. The monoisotopic (exact) mass is 364 g/mol. The summed E-state index contributed by atoms with van der Waals surface area (Å²) in [6.07, 6.45) is 0. The van der Waals surface area contributed by atoms with Gasteiger partial charge in [-0.3, -0.25) is 0 Å². The van der Waals surface area contributed by atoms with E-state index in [-0.39, 0.29) is 0 Å². The highest BCUT2D eigenvalue weighted by atomic mass is 127. The molecule has 0 amide bonds. The zero-order valence-electron chi connectivity index (χ0n) is 8.34. The smallest absolute Gasteiger partial charge is 0.0931 e. The van der Waals surface area contributed by atoms with Gasteiger partial charge in [-0.05, 0) is 52.9 Å². The summed E-state index contributed by atoms with van der Waals surface area (Å²) in [4.78, 5) is 1.20. The lowest BCUT2D eigenvalue weighted by Gasteiger charge is -2.08. The van der Waals surface area contributed by atoms with Crippen molar-refractivity contribution in [2.75, 3.05) is 11.1 Å². The van der Waals surface area contributed by atoms with Gasteiger partial charge in [-0.15, -0.1) is 11.3 Å². The average molecular weight is 365 g/mol. The number of nitrogen functional groups attached to an aromatic ring is 1. The molecule has 1 aromatic heterocycles. The van der Waals surface area contributed by atoms with Gasteiger partial charge in [0.15, 0.2) is 0 Å². The molecule has 2 rings (SSSR count). The largest absolute Gasteiger partial charge is 0.397 e. The van der Waals surface area contributed by atoms with E-state index in [0.29, 0.717) is 0 Å². The standard InChI is InChI=1S/C11H10ClIN2S/c12-11-4-2-8(16-11)6-15-10-3-1-7(13)5-9(10)14/h1-5,15H,6,14H2. The first-order chi connectivity index (χ1) is 7.65. The van der Waals surface area contributed by atoms with E-state index in [1.807, 2.05) is 30.3 Å². The molecule has 0 spiro atoms. The van der Waals surface area contributed by atoms with Crippen LogP contribution in [0.25, 0.3) is 0 Å². The number of halogens is 2. The fraction of sp³-hybridized carbons (Fsp3) is 0.0909. The summed E-state index contributed by atoms with van der Waals surface area (Å²) in [7, 11) is 0. The molecule has 0 aliphatic heterocycles. The van der Waals surface area contributed by atoms with Crippen LogP contribution in [0.15, 0.2) is 30.3 Å². The zero-order valence-corrected chi connectivity index (χ0v) is 12.1. The summed E-state index contributed by atoms with van der Waals surface area (Å²) in [5.41, 5.74) is 7.64. The van der Waals surface area contributed by atoms with Crippen LogP contribution in [-0.4, -0.2) is 0 Å². The predicted molar refractivity (Wildman–Crippen MR) is 80.2 cm³/mol. The minimum Gasteiger partial charge on any atom is -0.397 e. The van der Waals surface area contributed by atoms with E-state index in [0.717, 1.165) is 25.8 Å². The van der Waals surface area contributed by atoms with Crippen molar-refractivity contribution in [2.24, 2.45) is 0 Å². The molecule has 0 saturated carbocycles. The second-order valence-electron chi connectivity index (χ2n) is 3.29. The maximum absolute atomic E-state index is 5.90. The highest BCUT2D eigenvalue weighted by Gasteiger charge is 2.01. The van der Waals surface area contributed by atoms with Crippen LogP contribution in [0.2, 0.25) is 4.34 Å². The second-order valence-corrected chi connectivity index (χ2v) is 6.34. The van der Waals surface area contributed by atoms with Gasteiger partial charge in [0, 0.05) is 15.0 Å². The highest BCUT2D eigenvalue weighted by Crippen LogP contribution is 2.25. The van der Waals surface area contributed by atoms with Gasteiger partial charge in [-0.25, -0.2) is 0 Å². The summed E-state index contributed by atoms with van der Waals surface area (Å²) in [5.74, 6) is 0. The Bertz CT molecular complexity index is 498. The maximum Gasteiger partial charge on any atom is 0.0931 e. The van der Waals surface area contributed by atoms with Gasteiger partial charge < -0.3 is 11.1 Å². The molecule has 0 saturated heterocycles. The maximum atomic E-state index is 5.90. The molecule has 0 fully saturated rings. The topological polar surface area (TPSA) is 38.0 Å². The van der Waals surface area contributed by atoms with E-state index >= 15 is 0 Å². The third-order valence-electron chi connectivity index (χ3n) is 2.10. The molecular formula is C11H10ClIN2S. The van der Waals surface area contributed by atoms with Gasteiger partial charge in [-0.1, -0.05) is 11.6 Å². The molecule has 0 radical (unpaired) electrons. The molecule has 16 heavy (non-hydrogen) atoms. The number of rotatable bonds is 3. The van der Waals surface area contributed by atoms with Crippen molar-refractivity contribution in [2.45, 2.75) is 6.54 Å². The van der Waals surface area contributed by atoms with Crippen LogP contribution < -0.4 is 11.1 Å². The minimum absolute atomic E-state index is 0.752. The lowest BCUT2D eigenvalue weighted by atomic mass is 10.2. The Morgan fingerprint density at radius 1 is 1.31 bits per heavy atom. The van der Waals surface area contributed by atoms with E-state index < -0.39 is 0 Å². The number of anilines is 2. The van der Waals surface area contributed by atoms with E-state index in [4.69, 9.17) is 17.3 Å². The SMILES string of the molecule is Nc1cc(I)ccc1NCc1ccc(Cl)s1. The van der Waals surface area contributed by atoms with Crippen LogP contribution in [0, 0.1) is 3.57 Å². The zero-order chi connectivity index (χ0) is 11.5. The molecule has 1 aromatic carbocycles. The minimum atomic E-state index is 0.752. The van der Waals surface area contributed by atoms with Crippen LogP contribution in [0.1, 0.15) is 4.88 Å². The molecule has 5 heteroatoms. The van der Waals surface area contributed by atoms with Crippen LogP contribution in [0.3, 0.4) is 0 Å². The number of nitrogens with one attached hydrogen (secondary N) is 1. The van der Waals surface area contributed by atoms with Gasteiger partial charge >= 0.3 is 0 Å². The van der Waals surface area contributed by atoms with Crippen molar-refractivity contribution in [3.63, 3.8) is 0 Å². The first-order valence-corrected chi connectivity index (χ1v) is 6.95. The number of nitrogens with two attached hydrogens (primary N) is 1. The van der Waals surface area contributed by atoms with E-state index in [9.17, 15) is 0 Å². The number of benzene rings is 1. The van der Waals surface area contributed by atoms with Gasteiger partial charge in [0.2, 0.25) is 0 Å². The van der Waals surface area contributed by atoms with E-state index in [1.165, 1.54) is 4.88 Å². The Hall–Kier alpha value is -0.460. The molecular weight excluding hydrogens is 355 g/mol. The van der Waals surface area contributed by atoms with Gasteiger partial charge in [0.05, 0.1) is 15.7 Å². The lowest BCUT2D eigenvalue weighted by molar-refractivity contribution is 1.19. The van der Waals surface area contributed by atoms with E-state index in [2.05, 4.69) is 27.9 Å². The van der Waals surface area contributed by atoms with E-state index in [1.54, 1.807) is 11.3 Å². The van der Waals surface area contributed by atoms with Crippen molar-refractivity contribution in [3.05, 3.63) is 43.1 Å². The fourth-order valence-corrected chi connectivity index (χ4v) is 2.87. The fourth-order valence-electron chi connectivity index (χ4n) is 1.32. The average Bonchev–Trinajstić information content (AvgIpc) is 2.63. The Morgan fingerprint density at radius 3 is 2.75 bits per heavy atom. The van der Waals surface area contributed by atoms with Gasteiger partial charge in [0.25, 0.3) is 0 Å². The number of hydrogen-bond acceptors (Lipinski definition) is 3. The third kappa shape index (κ3) is 3.02. The van der Waals surface area contributed by atoms with Gasteiger partial charge in [-0.2, -0.15) is 0 Å². The molecule has 2 nitrogen and oxygen atoms in total. The Morgan fingerprint density at radius 2 is 2.12 bits per heavy atom. The number of thiophene rings is 1. The Kier molecular flexibility index (Phi) is 3.94. The summed E-state index contributed by atoms with van der Waals surface area (Å²) in [6, 6.07) is 9.89. The van der Waals surface area contributed by atoms with Crippen LogP contribution in [-0.2, 0) is 6.54 Å². The Balaban J connectivity index is 2.04. The molecule has 2 aromatic rings. The molecule has 0 unspecified atom stereocenters. The summed E-state index contributed by atoms with van der Waals surface area (Å²) in [5, 5.41) is 3.29. The van der Waals surface area contributed by atoms with Crippen LogP contribution in [0.5, 0.6) is 0 Å². The van der Waals surface area contributed by atoms with Gasteiger partial charge in [0.1, 0.15) is 0 Å². The van der Waals surface area contributed by atoms with Crippen molar-refractivity contribution in [1.29, 1.82) is 0 Å². The molecule has 84 valence electrons. The van der Waals surface area contributed by atoms with Crippen molar-refractivity contribution >= 4 is 56.9 Å². The normalized spacial score (nSPS) is 10.4. The second kappa shape index (κ2) is 5.25. The van der Waals surface area contributed by atoms with Crippen LogP contribution >= 0.6 is 45.5 Å². The molecule has 0 aliphatic rings. The molecule has 1 heterocycles. The van der Waals surface area contributed by atoms with Crippen LogP contribution in [0.4, 0.5) is 11.4 Å². The van der Waals surface area contributed by atoms with Crippen molar-refractivity contribution < 1.29 is 0 Å². The summed E-state index contributed by atoms with van der Waals surface area (Å²) >= 11 is 9.68. The molecule has 3 N–H and O–H groups in total. The molecule has 0 aliphatic carbocycles. The third-order valence-corrected chi connectivity index (χ3v) is 4.00. The first kappa shape index (κ1) is 12.0. The highest BCUT2D eigenvalue weighted by molar-refractivity contribution is 14.1. The summed E-state index contributed by atoms with van der Waals surface area (Å²) < 4.78 is 1.95. The molecule has 0 atom stereocenters. The summed E-state index contributed by atoms with van der Waals surface area (Å²) in [6.45, 7) is 0.752. The lowest BCUT2D eigenvalue weighted by Crippen LogP contribution is -2.01. The Labute approximate surface area is 117 Å².